The van der Waals surface area contributed by atoms with Crippen LogP contribution in [-0.4, -0.2) is 40.0 Å². The third-order valence-electron chi connectivity index (χ3n) is 4.39. The Morgan fingerprint density at radius 3 is 2.86 bits per heavy atom. The first kappa shape index (κ1) is 14.5. The topological polar surface area (TPSA) is 44.0 Å². The van der Waals surface area contributed by atoms with Gasteiger partial charge in [0.25, 0.3) is 0 Å². The number of imidazole rings is 1. The third kappa shape index (κ3) is 3.63. The van der Waals surface area contributed by atoms with E-state index in [-0.39, 0.29) is 0 Å². The van der Waals surface area contributed by atoms with E-state index in [1.54, 1.807) is 0 Å². The maximum Gasteiger partial charge on any atom is 0.121 e. The summed E-state index contributed by atoms with van der Waals surface area (Å²) in [5, 5.41) is 3.64. The predicted molar refractivity (Wildman–Crippen MR) is 87.3 cm³/mol. The van der Waals surface area contributed by atoms with Crippen LogP contribution in [0.1, 0.15) is 38.9 Å². The van der Waals surface area contributed by atoms with Gasteiger partial charge in [-0.05, 0) is 45.4 Å². The smallest absolute Gasteiger partial charge is 0.121 e. The highest BCUT2D eigenvalue weighted by atomic mass is 15.2. The van der Waals surface area contributed by atoms with E-state index in [1.165, 1.54) is 25.8 Å². The second kappa shape index (κ2) is 6.58. The van der Waals surface area contributed by atoms with Crippen molar-refractivity contribution in [3.05, 3.63) is 30.1 Å². The van der Waals surface area contributed by atoms with Gasteiger partial charge in [0.1, 0.15) is 5.82 Å². The minimum atomic E-state index is 0.530. The number of hydrogen-bond acceptors (Lipinski definition) is 3. The van der Waals surface area contributed by atoms with Crippen LogP contribution in [0.4, 0.5) is 0 Å². The Morgan fingerprint density at radius 2 is 2.14 bits per heavy atom. The number of nitrogens with one attached hydrogen (secondary N) is 2. The highest BCUT2D eigenvalue weighted by molar-refractivity contribution is 5.74. The van der Waals surface area contributed by atoms with E-state index in [4.69, 9.17) is 4.98 Å². The molecule has 1 fully saturated rings. The van der Waals surface area contributed by atoms with Gasteiger partial charge in [-0.15, -0.1) is 0 Å². The number of aromatic amines is 1. The number of H-pyrrole nitrogens is 1. The normalized spacial score (nSPS) is 19.7. The van der Waals surface area contributed by atoms with Gasteiger partial charge in [0.15, 0.2) is 0 Å². The molecule has 2 heterocycles. The van der Waals surface area contributed by atoms with Crippen LogP contribution < -0.4 is 5.32 Å². The molecule has 1 aliphatic rings. The monoisotopic (exact) mass is 286 g/mol. The standard InChI is InChI=1S/C17H26N4/c1-13(2)21(11-14-7-5-6-10-18-14)12-17-19-15-8-3-4-9-16(15)20-17/h3-4,8-9,13-14,18H,5-7,10-12H2,1-2H3,(H,19,20). The average Bonchev–Trinajstić information content (AvgIpc) is 2.90. The van der Waals surface area contributed by atoms with Crippen molar-refractivity contribution in [3.63, 3.8) is 0 Å². The first-order valence-corrected chi connectivity index (χ1v) is 8.13. The maximum atomic E-state index is 4.71. The Bertz CT molecular complexity index is 536. The zero-order valence-corrected chi connectivity index (χ0v) is 13.1. The summed E-state index contributed by atoms with van der Waals surface area (Å²) < 4.78 is 0. The van der Waals surface area contributed by atoms with Crippen molar-refractivity contribution in [2.75, 3.05) is 13.1 Å². The number of rotatable bonds is 5. The summed E-state index contributed by atoms with van der Waals surface area (Å²) in [6, 6.07) is 9.41. The molecule has 0 radical (unpaired) electrons. The lowest BCUT2D eigenvalue weighted by Crippen LogP contribution is -2.45. The molecule has 1 atom stereocenters. The number of piperidine rings is 1. The van der Waals surface area contributed by atoms with Gasteiger partial charge in [0.2, 0.25) is 0 Å². The van der Waals surface area contributed by atoms with Crippen LogP contribution in [0.25, 0.3) is 11.0 Å². The number of fused-ring (bicyclic) bond motifs is 1. The Labute approximate surface area is 126 Å². The van der Waals surface area contributed by atoms with Gasteiger partial charge in [-0.3, -0.25) is 4.90 Å². The van der Waals surface area contributed by atoms with Crippen LogP contribution in [0.15, 0.2) is 24.3 Å². The molecule has 1 unspecified atom stereocenters. The highest BCUT2D eigenvalue weighted by Crippen LogP contribution is 2.15. The second-order valence-corrected chi connectivity index (χ2v) is 6.37. The van der Waals surface area contributed by atoms with Crippen LogP contribution in [0.3, 0.4) is 0 Å². The second-order valence-electron chi connectivity index (χ2n) is 6.37. The molecule has 4 heteroatoms. The van der Waals surface area contributed by atoms with Crippen molar-refractivity contribution in [1.82, 2.24) is 20.2 Å². The molecule has 1 aromatic carbocycles. The van der Waals surface area contributed by atoms with Crippen LogP contribution in [-0.2, 0) is 6.54 Å². The van der Waals surface area contributed by atoms with Gasteiger partial charge < -0.3 is 10.3 Å². The predicted octanol–water partition coefficient (Wildman–Crippen LogP) is 2.92. The molecule has 1 saturated heterocycles. The molecule has 0 saturated carbocycles. The summed E-state index contributed by atoms with van der Waals surface area (Å²) in [5.74, 6) is 1.07. The van der Waals surface area contributed by atoms with Crippen molar-refractivity contribution < 1.29 is 0 Å². The molecule has 0 aliphatic carbocycles. The summed E-state index contributed by atoms with van der Waals surface area (Å²) >= 11 is 0. The lowest BCUT2D eigenvalue weighted by Gasteiger charge is -2.32. The molecule has 0 bridgehead atoms. The first-order valence-electron chi connectivity index (χ1n) is 8.13. The fourth-order valence-electron chi connectivity index (χ4n) is 3.09. The van der Waals surface area contributed by atoms with Gasteiger partial charge in [0, 0.05) is 18.6 Å². The number of nitrogens with zero attached hydrogens (tertiary/aromatic N) is 2. The van der Waals surface area contributed by atoms with Gasteiger partial charge in [0.05, 0.1) is 17.6 Å². The van der Waals surface area contributed by atoms with E-state index in [0.29, 0.717) is 12.1 Å². The number of para-hydroxylation sites is 2. The summed E-state index contributed by atoms with van der Waals surface area (Å²) in [6.45, 7) is 7.71. The molecule has 2 aromatic rings. The molecule has 21 heavy (non-hydrogen) atoms. The average molecular weight is 286 g/mol. The third-order valence-corrected chi connectivity index (χ3v) is 4.39. The fourth-order valence-corrected chi connectivity index (χ4v) is 3.09. The summed E-state index contributed by atoms with van der Waals surface area (Å²) in [6.07, 6.45) is 3.97. The lowest BCUT2D eigenvalue weighted by molar-refractivity contribution is 0.174. The van der Waals surface area contributed by atoms with E-state index in [2.05, 4.69) is 47.2 Å². The van der Waals surface area contributed by atoms with E-state index in [0.717, 1.165) is 29.9 Å². The summed E-state index contributed by atoms with van der Waals surface area (Å²) in [4.78, 5) is 10.7. The molecule has 0 amide bonds. The SMILES string of the molecule is CC(C)N(Cc1nc2ccccc2[nH]1)CC1CCCCN1. The number of hydrogen-bond donors (Lipinski definition) is 2. The van der Waals surface area contributed by atoms with E-state index in [9.17, 15) is 0 Å². The fraction of sp³-hybridized carbons (Fsp3) is 0.588. The van der Waals surface area contributed by atoms with Gasteiger partial charge in [-0.25, -0.2) is 4.98 Å². The molecule has 0 spiro atoms. The Morgan fingerprint density at radius 1 is 1.29 bits per heavy atom. The van der Waals surface area contributed by atoms with Gasteiger partial charge >= 0.3 is 0 Å². The lowest BCUT2D eigenvalue weighted by atomic mass is 10.0. The molecule has 114 valence electrons. The van der Waals surface area contributed by atoms with E-state index < -0.39 is 0 Å². The quantitative estimate of drug-likeness (QED) is 0.888. The zero-order chi connectivity index (χ0) is 14.7. The summed E-state index contributed by atoms with van der Waals surface area (Å²) in [5.41, 5.74) is 2.19. The minimum absolute atomic E-state index is 0.530. The maximum absolute atomic E-state index is 4.71. The molecule has 3 rings (SSSR count). The van der Waals surface area contributed by atoms with Crippen LogP contribution >= 0.6 is 0 Å². The van der Waals surface area contributed by atoms with Crippen molar-refractivity contribution in [2.45, 2.75) is 51.7 Å². The van der Waals surface area contributed by atoms with E-state index >= 15 is 0 Å². The first-order chi connectivity index (χ1) is 10.2. The molecule has 1 aliphatic heterocycles. The largest absolute Gasteiger partial charge is 0.341 e. The zero-order valence-electron chi connectivity index (χ0n) is 13.1. The minimum Gasteiger partial charge on any atom is -0.341 e. The molecular formula is C17H26N4. The van der Waals surface area contributed by atoms with Crippen molar-refractivity contribution in [3.8, 4) is 0 Å². The van der Waals surface area contributed by atoms with Crippen LogP contribution in [0.5, 0.6) is 0 Å². The highest BCUT2D eigenvalue weighted by Gasteiger charge is 2.19. The molecule has 4 nitrogen and oxygen atoms in total. The van der Waals surface area contributed by atoms with Crippen molar-refractivity contribution >= 4 is 11.0 Å². The van der Waals surface area contributed by atoms with Crippen molar-refractivity contribution in [2.24, 2.45) is 0 Å². The van der Waals surface area contributed by atoms with Gasteiger partial charge in [-0.2, -0.15) is 0 Å². The Hall–Kier alpha value is -1.39. The van der Waals surface area contributed by atoms with Crippen LogP contribution in [0.2, 0.25) is 0 Å². The molecular weight excluding hydrogens is 260 g/mol. The Balaban J connectivity index is 1.68. The number of aromatic nitrogens is 2. The van der Waals surface area contributed by atoms with Gasteiger partial charge in [-0.1, -0.05) is 18.6 Å². The van der Waals surface area contributed by atoms with Crippen LogP contribution in [0, 0.1) is 0 Å². The number of benzene rings is 1. The molecule has 1 aromatic heterocycles. The summed E-state index contributed by atoms with van der Waals surface area (Å²) in [7, 11) is 0. The van der Waals surface area contributed by atoms with Crippen molar-refractivity contribution in [1.29, 1.82) is 0 Å². The Kier molecular flexibility index (Phi) is 4.56. The van der Waals surface area contributed by atoms with E-state index in [1.807, 2.05) is 6.07 Å². The molecule has 2 N–H and O–H groups in total.